The van der Waals surface area contributed by atoms with Crippen molar-refractivity contribution in [3.8, 4) is 0 Å². The third-order valence-electron chi connectivity index (χ3n) is 4.22. The molecule has 1 fully saturated rings. The second kappa shape index (κ2) is 5.12. The van der Waals surface area contributed by atoms with Gasteiger partial charge < -0.3 is 9.32 Å². The normalized spacial score (nSPS) is 18.0. The second-order valence-corrected chi connectivity index (χ2v) is 5.92. The van der Waals surface area contributed by atoms with Crippen LogP contribution in [0.2, 0.25) is 0 Å². The molecule has 1 aromatic carbocycles. The lowest BCUT2D eigenvalue weighted by molar-refractivity contribution is 0.0787. The predicted molar refractivity (Wildman–Crippen MR) is 83.4 cm³/mol. The van der Waals surface area contributed by atoms with Crippen LogP contribution >= 0.6 is 0 Å². The van der Waals surface area contributed by atoms with Gasteiger partial charge in [-0.25, -0.2) is 4.79 Å². The fraction of sp³-hybridized carbons (Fsp3) is 0.312. The van der Waals surface area contributed by atoms with E-state index in [0.29, 0.717) is 29.8 Å². The smallest absolute Gasteiger partial charge is 0.408 e. The Morgan fingerprint density at radius 3 is 3.09 bits per heavy atom. The molecule has 1 atom stereocenters. The van der Waals surface area contributed by atoms with Crippen LogP contribution in [0.25, 0.3) is 11.1 Å². The number of hydrogen-bond donors (Lipinski definition) is 1. The molecule has 0 bridgehead atoms. The van der Waals surface area contributed by atoms with Gasteiger partial charge in [0.15, 0.2) is 5.58 Å². The van der Waals surface area contributed by atoms with Gasteiger partial charge in [-0.2, -0.15) is 5.10 Å². The van der Waals surface area contributed by atoms with Crippen LogP contribution in [0, 0.1) is 6.92 Å². The Balaban J connectivity index is 1.55. The molecule has 0 aliphatic carbocycles. The minimum atomic E-state index is -0.514. The number of fused-ring (bicyclic) bond motifs is 1. The highest BCUT2D eigenvalue weighted by Crippen LogP contribution is 2.23. The third-order valence-corrected chi connectivity index (χ3v) is 4.22. The number of aromatic nitrogens is 3. The lowest BCUT2D eigenvalue weighted by atomic mass is 10.2. The van der Waals surface area contributed by atoms with E-state index in [0.717, 1.165) is 12.0 Å². The van der Waals surface area contributed by atoms with Crippen LogP contribution in [0.5, 0.6) is 0 Å². The number of H-pyrrole nitrogens is 1. The van der Waals surface area contributed by atoms with Crippen LogP contribution in [-0.4, -0.2) is 38.7 Å². The van der Waals surface area contributed by atoms with Crippen molar-refractivity contribution in [2.45, 2.75) is 19.4 Å². The largest absolute Gasteiger partial charge is 0.417 e. The third kappa shape index (κ3) is 2.44. The van der Waals surface area contributed by atoms with E-state index in [1.165, 1.54) is 0 Å². The average Bonchev–Trinajstić information content (AvgIpc) is 3.23. The molecule has 4 rings (SSSR count). The fourth-order valence-corrected chi connectivity index (χ4v) is 3.04. The maximum atomic E-state index is 12.7. The quantitative estimate of drug-likeness (QED) is 0.781. The van der Waals surface area contributed by atoms with Gasteiger partial charge in [-0.15, -0.1) is 0 Å². The van der Waals surface area contributed by atoms with Crippen LogP contribution in [0.3, 0.4) is 0 Å². The number of aryl methyl sites for hydroxylation is 1. The lowest BCUT2D eigenvalue weighted by Gasteiger charge is -2.16. The van der Waals surface area contributed by atoms with Crippen molar-refractivity contribution in [2.75, 3.05) is 13.1 Å². The minimum Gasteiger partial charge on any atom is -0.408 e. The van der Waals surface area contributed by atoms with E-state index in [9.17, 15) is 9.59 Å². The highest BCUT2D eigenvalue weighted by molar-refractivity contribution is 5.97. The summed E-state index contributed by atoms with van der Waals surface area (Å²) < 4.78 is 6.89. The van der Waals surface area contributed by atoms with E-state index in [1.54, 1.807) is 18.2 Å². The first-order valence-corrected chi connectivity index (χ1v) is 7.53. The molecule has 1 saturated heterocycles. The van der Waals surface area contributed by atoms with Crippen molar-refractivity contribution in [1.82, 2.24) is 19.7 Å². The molecule has 3 heterocycles. The fourth-order valence-electron chi connectivity index (χ4n) is 3.04. The van der Waals surface area contributed by atoms with E-state index >= 15 is 0 Å². The van der Waals surface area contributed by atoms with Gasteiger partial charge in [0.05, 0.1) is 17.8 Å². The molecule has 1 aliphatic heterocycles. The highest BCUT2D eigenvalue weighted by Gasteiger charge is 2.28. The molecule has 7 heteroatoms. The van der Waals surface area contributed by atoms with Crippen molar-refractivity contribution >= 4 is 17.0 Å². The minimum absolute atomic E-state index is 0.0414. The summed E-state index contributed by atoms with van der Waals surface area (Å²) in [5, 5.41) is 4.33. The number of oxazole rings is 1. The molecular formula is C16H16N4O3. The summed E-state index contributed by atoms with van der Waals surface area (Å²) in [5.41, 5.74) is 2.66. The van der Waals surface area contributed by atoms with E-state index < -0.39 is 5.76 Å². The van der Waals surface area contributed by atoms with Crippen molar-refractivity contribution < 1.29 is 9.21 Å². The molecule has 1 unspecified atom stereocenters. The molecule has 23 heavy (non-hydrogen) atoms. The number of benzene rings is 1. The van der Waals surface area contributed by atoms with E-state index in [2.05, 4.69) is 10.1 Å². The van der Waals surface area contributed by atoms with Crippen LogP contribution < -0.4 is 5.76 Å². The summed E-state index contributed by atoms with van der Waals surface area (Å²) in [6.07, 6.45) is 4.71. The Kier molecular flexibility index (Phi) is 3.07. The molecule has 0 radical (unpaired) electrons. The topological polar surface area (TPSA) is 84.1 Å². The highest BCUT2D eigenvalue weighted by atomic mass is 16.4. The van der Waals surface area contributed by atoms with Gasteiger partial charge in [-0.1, -0.05) is 0 Å². The van der Waals surface area contributed by atoms with Crippen molar-refractivity contribution in [3.05, 3.63) is 52.3 Å². The number of hydrogen-bond acceptors (Lipinski definition) is 4. The molecule has 0 saturated carbocycles. The Morgan fingerprint density at radius 2 is 2.30 bits per heavy atom. The second-order valence-electron chi connectivity index (χ2n) is 5.92. The number of aromatic amines is 1. The zero-order valence-electron chi connectivity index (χ0n) is 12.7. The standard InChI is InChI=1S/C16H16N4O3/c1-10-7-17-20(8-10)12-4-5-19(9-12)15(21)11-2-3-14-13(6-11)18-16(22)23-14/h2-3,6-8,12H,4-5,9H2,1H3,(H,18,22). The van der Waals surface area contributed by atoms with Gasteiger partial charge in [0.2, 0.25) is 0 Å². The SMILES string of the molecule is Cc1cnn(C2CCN(C(=O)c3ccc4oc(=O)[nH]c4c3)C2)c1. The Labute approximate surface area is 131 Å². The number of carbonyl (C=O) groups is 1. The van der Waals surface area contributed by atoms with E-state index in [4.69, 9.17) is 4.42 Å². The summed E-state index contributed by atoms with van der Waals surface area (Å²) >= 11 is 0. The molecule has 7 nitrogen and oxygen atoms in total. The molecule has 0 spiro atoms. The summed E-state index contributed by atoms with van der Waals surface area (Å²) in [5.74, 6) is -0.555. The number of rotatable bonds is 2. The average molecular weight is 312 g/mol. The van der Waals surface area contributed by atoms with Crippen molar-refractivity contribution in [2.24, 2.45) is 0 Å². The van der Waals surface area contributed by atoms with Crippen LogP contribution in [0.15, 0.2) is 39.8 Å². The zero-order chi connectivity index (χ0) is 16.0. The molecule has 118 valence electrons. The van der Waals surface area contributed by atoms with Crippen LogP contribution in [0.4, 0.5) is 0 Å². The number of nitrogens with one attached hydrogen (secondary N) is 1. The molecular weight excluding hydrogens is 296 g/mol. The first-order valence-electron chi connectivity index (χ1n) is 7.53. The van der Waals surface area contributed by atoms with Gasteiger partial charge in [-0.05, 0) is 37.1 Å². The Hall–Kier alpha value is -2.83. The van der Waals surface area contributed by atoms with Crippen molar-refractivity contribution in [3.63, 3.8) is 0 Å². The Morgan fingerprint density at radius 1 is 1.43 bits per heavy atom. The van der Waals surface area contributed by atoms with Gasteiger partial charge in [0.1, 0.15) is 0 Å². The maximum absolute atomic E-state index is 12.7. The number of carbonyl (C=O) groups excluding carboxylic acids is 1. The Bertz CT molecular complexity index is 936. The van der Waals surface area contributed by atoms with Gasteiger partial charge in [0, 0.05) is 24.8 Å². The predicted octanol–water partition coefficient (Wildman–Crippen LogP) is 1.71. The molecule has 2 aromatic heterocycles. The molecule has 1 amide bonds. The summed E-state index contributed by atoms with van der Waals surface area (Å²) in [7, 11) is 0. The monoisotopic (exact) mass is 312 g/mol. The molecule has 1 aliphatic rings. The first kappa shape index (κ1) is 13.8. The van der Waals surface area contributed by atoms with Gasteiger partial charge in [0.25, 0.3) is 5.91 Å². The molecule has 3 aromatic rings. The number of likely N-dealkylation sites (tertiary alicyclic amines) is 1. The van der Waals surface area contributed by atoms with Crippen LogP contribution in [0.1, 0.15) is 28.4 Å². The van der Waals surface area contributed by atoms with E-state index in [1.807, 2.05) is 28.9 Å². The number of amides is 1. The summed E-state index contributed by atoms with van der Waals surface area (Å²) in [6, 6.07) is 5.20. The maximum Gasteiger partial charge on any atom is 0.417 e. The summed E-state index contributed by atoms with van der Waals surface area (Å²) in [4.78, 5) is 28.2. The molecule has 1 N–H and O–H groups in total. The van der Waals surface area contributed by atoms with Crippen LogP contribution in [-0.2, 0) is 0 Å². The van der Waals surface area contributed by atoms with E-state index in [-0.39, 0.29) is 11.9 Å². The van der Waals surface area contributed by atoms with Gasteiger partial charge >= 0.3 is 5.76 Å². The lowest BCUT2D eigenvalue weighted by Crippen LogP contribution is -2.29. The number of nitrogens with zero attached hydrogens (tertiary/aromatic N) is 3. The van der Waals surface area contributed by atoms with Crippen molar-refractivity contribution in [1.29, 1.82) is 0 Å². The summed E-state index contributed by atoms with van der Waals surface area (Å²) in [6.45, 7) is 3.34. The van der Waals surface area contributed by atoms with Gasteiger partial charge in [-0.3, -0.25) is 14.5 Å². The first-order chi connectivity index (χ1) is 11.1. The zero-order valence-corrected chi connectivity index (χ0v) is 12.7.